The average molecular weight is 256 g/mol. The van der Waals surface area contributed by atoms with Gasteiger partial charge in [-0.3, -0.25) is 0 Å². The molecular formula is C14H28N2O2. The molecule has 0 spiro atoms. The first-order valence-corrected chi connectivity index (χ1v) is 6.99. The second kappa shape index (κ2) is 6.41. The number of carbonyl (C=O) groups excluding carboxylic acids is 1. The van der Waals surface area contributed by atoms with E-state index in [4.69, 9.17) is 4.74 Å². The molecule has 1 rings (SSSR count). The van der Waals surface area contributed by atoms with E-state index in [1.807, 2.05) is 25.7 Å². The molecule has 0 aromatic rings. The zero-order valence-electron chi connectivity index (χ0n) is 12.5. The predicted octanol–water partition coefficient (Wildman–Crippen LogP) is 2.63. The molecule has 0 radical (unpaired) electrons. The van der Waals surface area contributed by atoms with Crippen LogP contribution in [0, 0.1) is 5.92 Å². The van der Waals surface area contributed by atoms with Gasteiger partial charge in [0.15, 0.2) is 0 Å². The van der Waals surface area contributed by atoms with Crippen LogP contribution in [0.25, 0.3) is 0 Å². The van der Waals surface area contributed by atoms with E-state index in [2.05, 4.69) is 19.2 Å². The maximum atomic E-state index is 11.9. The molecule has 106 valence electrons. The second-order valence-corrected chi connectivity index (χ2v) is 6.48. The lowest BCUT2D eigenvalue weighted by molar-refractivity contribution is 0.0287. The van der Waals surface area contributed by atoms with Crippen LogP contribution < -0.4 is 5.32 Å². The van der Waals surface area contributed by atoms with Crippen molar-refractivity contribution in [3.63, 3.8) is 0 Å². The Bertz CT molecular complexity index is 271. The molecule has 1 fully saturated rings. The maximum Gasteiger partial charge on any atom is 0.410 e. The molecule has 0 saturated carbocycles. The lowest BCUT2D eigenvalue weighted by Gasteiger charge is -2.24. The molecule has 1 N–H and O–H groups in total. The minimum atomic E-state index is -0.394. The van der Waals surface area contributed by atoms with Crippen molar-refractivity contribution in [1.82, 2.24) is 10.2 Å². The van der Waals surface area contributed by atoms with Gasteiger partial charge in [-0.05, 0) is 46.1 Å². The highest BCUT2D eigenvalue weighted by molar-refractivity contribution is 5.68. The third-order valence-electron chi connectivity index (χ3n) is 3.04. The van der Waals surface area contributed by atoms with Gasteiger partial charge in [0.25, 0.3) is 0 Å². The number of nitrogens with zero attached hydrogens (tertiary/aromatic N) is 1. The van der Waals surface area contributed by atoms with Gasteiger partial charge in [0.05, 0.1) is 0 Å². The first kappa shape index (κ1) is 15.3. The lowest BCUT2D eigenvalue weighted by Crippen LogP contribution is -2.35. The van der Waals surface area contributed by atoms with Crippen molar-refractivity contribution in [2.24, 2.45) is 5.92 Å². The first-order valence-electron chi connectivity index (χ1n) is 6.99. The fourth-order valence-corrected chi connectivity index (χ4v) is 2.14. The summed E-state index contributed by atoms with van der Waals surface area (Å²) in [5.41, 5.74) is -0.394. The zero-order valence-corrected chi connectivity index (χ0v) is 12.5. The molecule has 1 aliphatic rings. The van der Waals surface area contributed by atoms with Gasteiger partial charge in [0, 0.05) is 19.1 Å². The summed E-state index contributed by atoms with van der Waals surface area (Å²) in [4.78, 5) is 13.7. The van der Waals surface area contributed by atoms with E-state index in [1.165, 1.54) is 0 Å². The van der Waals surface area contributed by atoms with Crippen molar-refractivity contribution < 1.29 is 9.53 Å². The van der Waals surface area contributed by atoms with Crippen LogP contribution in [-0.2, 0) is 4.74 Å². The summed E-state index contributed by atoms with van der Waals surface area (Å²) < 4.78 is 5.38. The van der Waals surface area contributed by atoms with Gasteiger partial charge in [0.1, 0.15) is 5.60 Å². The summed E-state index contributed by atoms with van der Waals surface area (Å²) in [5, 5.41) is 3.42. The van der Waals surface area contributed by atoms with Crippen LogP contribution in [0.2, 0.25) is 0 Å². The van der Waals surface area contributed by atoms with E-state index >= 15 is 0 Å². The van der Waals surface area contributed by atoms with Gasteiger partial charge < -0.3 is 15.0 Å². The Morgan fingerprint density at radius 1 is 1.44 bits per heavy atom. The highest BCUT2D eigenvalue weighted by Crippen LogP contribution is 2.21. The Balaban J connectivity index is 2.26. The van der Waals surface area contributed by atoms with Gasteiger partial charge in [0.2, 0.25) is 0 Å². The largest absolute Gasteiger partial charge is 0.444 e. The van der Waals surface area contributed by atoms with Crippen molar-refractivity contribution >= 4 is 6.09 Å². The molecule has 1 saturated heterocycles. The highest BCUT2D eigenvalue weighted by Gasteiger charge is 2.29. The van der Waals surface area contributed by atoms with Crippen LogP contribution in [0.1, 0.15) is 47.5 Å². The summed E-state index contributed by atoms with van der Waals surface area (Å²) in [5.74, 6) is 0.615. The Morgan fingerprint density at radius 3 is 2.67 bits per heavy atom. The summed E-state index contributed by atoms with van der Waals surface area (Å²) in [7, 11) is 0. The monoisotopic (exact) mass is 256 g/mol. The van der Waals surface area contributed by atoms with E-state index in [0.29, 0.717) is 12.0 Å². The third-order valence-corrected chi connectivity index (χ3v) is 3.04. The molecule has 0 aliphatic carbocycles. The minimum Gasteiger partial charge on any atom is -0.444 e. The van der Waals surface area contributed by atoms with E-state index < -0.39 is 5.60 Å². The highest BCUT2D eigenvalue weighted by atomic mass is 16.6. The van der Waals surface area contributed by atoms with Gasteiger partial charge in [-0.1, -0.05) is 13.8 Å². The van der Waals surface area contributed by atoms with Crippen molar-refractivity contribution in [3.8, 4) is 0 Å². The topological polar surface area (TPSA) is 41.6 Å². The molecule has 1 amide bonds. The Kier molecular flexibility index (Phi) is 5.45. The number of ether oxygens (including phenoxy) is 1. The van der Waals surface area contributed by atoms with Gasteiger partial charge >= 0.3 is 6.09 Å². The van der Waals surface area contributed by atoms with E-state index in [9.17, 15) is 4.79 Å². The minimum absolute atomic E-state index is 0.165. The smallest absolute Gasteiger partial charge is 0.410 e. The van der Waals surface area contributed by atoms with Crippen LogP contribution in [0.4, 0.5) is 4.79 Å². The fourth-order valence-electron chi connectivity index (χ4n) is 2.14. The molecular weight excluding hydrogens is 228 g/mol. The SMILES string of the molecule is CC(C)NCC[C@@H]1CCN(C(=O)OC(C)(C)C)C1. The summed E-state index contributed by atoms with van der Waals surface area (Å²) in [6.45, 7) is 12.7. The lowest BCUT2D eigenvalue weighted by atomic mass is 10.1. The van der Waals surface area contributed by atoms with E-state index in [0.717, 1.165) is 32.5 Å². The number of carbonyl (C=O) groups is 1. The molecule has 18 heavy (non-hydrogen) atoms. The Hall–Kier alpha value is -0.770. The van der Waals surface area contributed by atoms with Crippen LogP contribution in [0.3, 0.4) is 0 Å². The summed E-state index contributed by atoms with van der Waals surface area (Å²) in [6, 6.07) is 0.536. The number of hydrogen-bond acceptors (Lipinski definition) is 3. The Morgan fingerprint density at radius 2 is 2.11 bits per heavy atom. The summed E-state index contributed by atoms with van der Waals surface area (Å²) in [6.07, 6.45) is 2.07. The Labute approximate surface area is 111 Å². The molecule has 1 atom stereocenters. The van der Waals surface area contributed by atoms with E-state index in [1.54, 1.807) is 0 Å². The predicted molar refractivity (Wildman–Crippen MR) is 73.7 cm³/mol. The standard InChI is InChI=1S/C14H28N2O2/c1-11(2)15-8-6-12-7-9-16(10-12)13(17)18-14(3,4)5/h11-12,15H,6-10H2,1-5H3/t12-/m1/s1. The molecule has 1 aliphatic heterocycles. The molecule has 0 bridgehead atoms. The van der Waals surface area contributed by atoms with Crippen LogP contribution in [0.15, 0.2) is 0 Å². The normalized spacial score (nSPS) is 20.6. The molecule has 0 aromatic carbocycles. The number of amides is 1. The van der Waals surface area contributed by atoms with Gasteiger partial charge in [-0.25, -0.2) is 4.79 Å². The van der Waals surface area contributed by atoms with Gasteiger partial charge in [-0.2, -0.15) is 0 Å². The van der Waals surface area contributed by atoms with Crippen molar-refractivity contribution in [2.75, 3.05) is 19.6 Å². The molecule has 0 aromatic heterocycles. The van der Waals surface area contributed by atoms with Crippen LogP contribution in [0.5, 0.6) is 0 Å². The first-order chi connectivity index (χ1) is 8.28. The van der Waals surface area contributed by atoms with Crippen molar-refractivity contribution in [2.45, 2.75) is 59.1 Å². The average Bonchev–Trinajstić information content (AvgIpc) is 2.63. The molecule has 0 unspecified atom stereocenters. The number of likely N-dealkylation sites (tertiary alicyclic amines) is 1. The molecule has 4 nitrogen and oxygen atoms in total. The number of hydrogen-bond donors (Lipinski definition) is 1. The molecule has 1 heterocycles. The number of nitrogens with one attached hydrogen (secondary N) is 1. The maximum absolute atomic E-state index is 11.9. The third kappa shape index (κ3) is 5.71. The number of rotatable bonds is 4. The fraction of sp³-hybridized carbons (Fsp3) is 0.929. The summed E-state index contributed by atoms with van der Waals surface area (Å²) >= 11 is 0. The molecule has 4 heteroatoms. The van der Waals surface area contributed by atoms with Crippen LogP contribution in [-0.4, -0.2) is 42.3 Å². The second-order valence-electron chi connectivity index (χ2n) is 6.48. The zero-order chi connectivity index (χ0) is 13.8. The van der Waals surface area contributed by atoms with Gasteiger partial charge in [-0.15, -0.1) is 0 Å². The van der Waals surface area contributed by atoms with Crippen molar-refractivity contribution in [3.05, 3.63) is 0 Å². The van der Waals surface area contributed by atoms with E-state index in [-0.39, 0.29) is 6.09 Å². The van der Waals surface area contributed by atoms with Crippen molar-refractivity contribution in [1.29, 1.82) is 0 Å². The quantitative estimate of drug-likeness (QED) is 0.840. The van der Waals surface area contributed by atoms with Crippen LogP contribution >= 0.6 is 0 Å².